The lowest BCUT2D eigenvalue weighted by Crippen LogP contribution is -2.26. The second-order valence-electron chi connectivity index (χ2n) is 4.10. The molecule has 100 valence electrons. The normalized spacial score (nSPS) is 10.4. The van der Waals surface area contributed by atoms with Crippen LogP contribution < -0.4 is 11.1 Å². The van der Waals surface area contributed by atoms with Crippen LogP contribution in [0.25, 0.3) is 0 Å². The van der Waals surface area contributed by atoms with Gasteiger partial charge < -0.3 is 15.6 Å². The monoisotopic (exact) mass is 323 g/mol. The molecular weight excluding hydrogens is 310 g/mol. The molecule has 0 spiro atoms. The minimum Gasteiger partial charge on any atom is -0.398 e. The van der Waals surface area contributed by atoms with Gasteiger partial charge in [0, 0.05) is 35.7 Å². The molecule has 0 saturated heterocycles. The summed E-state index contributed by atoms with van der Waals surface area (Å²) in [5, 5.41) is 10.6. The molecular formula is C12H14BrN5O. The number of nitrogens with two attached hydrogens (primary N) is 1. The summed E-state index contributed by atoms with van der Waals surface area (Å²) in [6, 6.07) is 5.09. The Bertz CT molecular complexity index is 596. The summed E-state index contributed by atoms with van der Waals surface area (Å²) in [5.41, 5.74) is 6.85. The first-order chi connectivity index (χ1) is 9.08. The first-order valence-corrected chi connectivity index (χ1v) is 6.53. The van der Waals surface area contributed by atoms with Crippen LogP contribution in [-0.4, -0.2) is 27.2 Å². The maximum Gasteiger partial charge on any atom is 0.251 e. The van der Waals surface area contributed by atoms with E-state index < -0.39 is 0 Å². The Morgan fingerprint density at radius 3 is 2.95 bits per heavy atom. The number of nitrogens with zero attached hydrogens (tertiary/aromatic N) is 3. The predicted octanol–water partition coefficient (Wildman–Crippen LogP) is 1.13. The Morgan fingerprint density at radius 1 is 1.53 bits per heavy atom. The number of amides is 1. The molecule has 1 aromatic heterocycles. The number of nitrogens with one attached hydrogen (secondary N) is 1. The fourth-order valence-corrected chi connectivity index (χ4v) is 1.97. The van der Waals surface area contributed by atoms with E-state index in [0.29, 0.717) is 28.7 Å². The molecule has 0 aliphatic rings. The third-order valence-electron chi connectivity index (χ3n) is 2.70. The standard InChI is InChI=1S/C12H14BrN5O/c1-18-7-16-17-11(18)4-5-15-12(19)8-2-3-10(14)9(13)6-8/h2-3,6-7H,4-5,14H2,1H3,(H,15,19). The Kier molecular flexibility index (Phi) is 4.16. The van der Waals surface area contributed by atoms with Crippen LogP contribution in [-0.2, 0) is 13.5 Å². The Hall–Kier alpha value is -1.89. The number of nitrogen functional groups attached to an aromatic ring is 1. The number of rotatable bonds is 4. The number of aryl methyl sites for hydroxylation is 1. The molecule has 0 saturated carbocycles. The van der Waals surface area contributed by atoms with Gasteiger partial charge in [0.15, 0.2) is 0 Å². The zero-order valence-electron chi connectivity index (χ0n) is 10.4. The van der Waals surface area contributed by atoms with Gasteiger partial charge in [-0.15, -0.1) is 10.2 Å². The molecule has 0 radical (unpaired) electrons. The molecule has 0 bridgehead atoms. The van der Waals surface area contributed by atoms with E-state index in [2.05, 4.69) is 31.4 Å². The molecule has 0 aliphatic carbocycles. The minimum atomic E-state index is -0.136. The van der Waals surface area contributed by atoms with Crippen LogP contribution >= 0.6 is 15.9 Å². The van der Waals surface area contributed by atoms with Gasteiger partial charge in [0.05, 0.1) is 0 Å². The molecule has 7 heteroatoms. The number of hydrogen-bond donors (Lipinski definition) is 2. The average Bonchev–Trinajstić information content (AvgIpc) is 2.78. The maximum atomic E-state index is 11.9. The fraction of sp³-hybridized carbons (Fsp3) is 0.250. The fourth-order valence-electron chi connectivity index (χ4n) is 1.59. The summed E-state index contributed by atoms with van der Waals surface area (Å²) >= 11 is 3.30. The number of anilines is 1. The van der Waals surface area contributed by atoms with Crippen LogP contribution in [0, 0.1) is 0 Å². The van der Waals surface area contributed by atoms with Crippen molar-refractivity contribution in [1.29, 1.82) is 0 Å². The third-order valence-corrected chi connectivity index (χ3v) is 3.39. The van der Waals surface area contributed by atoms with Gasteiger partial charge in [0.1, 0.15) is 12.2 Å². The number of halogens is 1. The topological polar surface area (TPSA) is 85.8 Å². The van der Waals surface area contributed by atoms with Crippen LogP contribution in [0.15, 0.2) is 29.0 Å². The van der Waals surface area contributed by atoms with E-state index in [-0.39, 0.29) is 5.91 Å². The molecule has 6 nitrogen and oxygen atoms in total. The molecule has 0 aliphatic heterocycles. The summed E-state index contributed by atoms with van der Waals surface area (Å²) in [4.78, 5) is 11.9. The lowest BCUT2D eigenvalue weighted by atomic mass is 10.2. The summed E-state index contributed by atoms with van der Waals surface area (Å²) in [7, 11) is 1.87. The van der Waals surface area contributed by atoms with Gasteiger partial charge in [-0.2, -0.15) is 0 Å². The molecule has 2 rings (SSSR count). The van der Waals surface area contributed by atoms with Crippen molar-refractivity contribution < 1.29 is 4.79 Å². The molecule has 1 aromatic carbocycles. The van der Waals surface area contributed by atoms with Gasteiger partial charge in [-0.05, 0) is 34.1 Å². The quantitative estimate of drug-likeness (QED) is 0.826. The molecule has 2 aromatic rings. The van der Waals surface area contributed by atoms with E-state index in [1.54, 1.807) is 24.5 Å². The van der Waals surface area contributed by atoms with Crippen LogP contribution in [0.5, 0.6) is 0 Å². The van der Waals surface area contributed by atoms with E-state index in [1.807, 2.05) is 11.6 Å². The van der Waals surface area contributed by atoms with Crippen molar-refractivity contribution in [3.63, 3.8) is 0 Å². The molecule has 0 atom stereocenters. The highest BCUT2D eigenvalue weighted by Gasteiger charge is 2.07. The Morgan fingerprint density at radius 2 is 2.32 bits per heavy atom. The molecule has 1 heterocycles. The van der Waals surface area contributed by atoms with E-state index in [1.165, 1.54) is 0 Å². The average molecular weight is 324 g/mol. The zero-order valence-corrected chi connectivity index (χ0v) is 12.0. The molecule has 0 unspecified atom stereocenters. The molecule has 19 heavy (non-hydrogen) atoms. The van der Waals surface area contributed by atoms with Gasteiger partial charge in [-0.1, -0.05) is 0 Å². The van der Waals surface area contributed by atoms with Gasteiger partial charge in [-0.25, -0.2) is 0 Å². The number of carbonyl (C=O) groups is 1. The van der Waals surface area contributed by atoms with Crippen LogP contribution in [0.2, 0.25) is 0 Å². The zero-order chi connectivity index (χ0) is 13.8. The van der Waals surface area contributed by atoms with Crippen LogP contribution in [0.3, 0.4) is 0 Å². The minimum absolute atomic E-state index is 0.136. The smallest absolute Gasteiger partial charge is 0.251 e. The van der Waals surface area contributed by atoms with E-state index in [9.17, 15) is 4.79 Å². The highest BCUT2D eigenvalue weighted by molar-refractivity contribution is 9.10. The molecule has 0 fully saturated rings. The number of aromatic nitrogens is 3. The Labute approximate surface area is 119 Å². The molecule has 1 amide bonds. The summed E-state index contributed by atoms with van der Waals surface area (Å²) in [6.45, 7) is 0.507. The van der Waals surface area contributed by atoms with Crippen molar-refractivity contribution in [1.82, 2.24) is 20.1 Å². The second kappa shape index (κ2) is 5.83. The lowest BCUT2D eigenvalue weighted by Gasteiger charge is -2.06. The number of benzene rings is 1. The Balaban J connectivity index is 1.91. The van der Waals surface area contributed by atoms with Gasteiger partial charge in [0.2, 0.25) is 0 Å². The summed E-state index contributed by atoms with van der Waals surface area (Å²) in [5.74, 6) is 0.696. The van der Waals surface area contributed by atoms with Crippen molar-refractivity contribution >= 4 is 27.5 Å². The number of carbonyl (C=O) groups excluding carboxylic acids is 1. The highest BCUT2D eigenvalue weighted by atomic mass is 79.9. The number of hydrogen-bond acceptors (Lipinski definition) is 4. The first-order valence-electron chi connectivity index (χ1n) is 5.74. The largest absolute Gasteiger partial charge is 0.398 e. The van der Waals surface area contributed by atoms with E-state index >= 15 is 0 Å². The van der Waals surface area contributed by atoms with Crippen molar-refractivity contribution in [2.24, 2.45) is 7.05 Å². The van der Waals surface area contributed by atoms with Crippen molar-refractivity contribution in [2.45, 2.75) is 6.42 Å². The van der Waals surface area contributed by atoms with E-state index in [0.717, 1.165) is 5.82 Å². The third kappa shape index (κ3) is 3.31. The van der Waals surface area contributed by atoms with Crippen molar-refractivity contribution in [2.75, 3.05) is 12.3 Å². The van der Waals surface area contributed by atoms with E-state index in [4.69, 9.17) is 5.73 Å². The SMILES string of the molecule is Cn1cnnc1CCNC(=O)c1ccc(N)c(Br)c1. The molecule has 3 N–H and O–H groups in total. The van der Waals surface area contributed by atoms with Gasteiger partial charge >= 0.3 is 0 Å². The second-order valence-corrected chi connectivity index (χ2v) is 4.95. The lowest BCUT2D eigenvalue weighted by molar-refractivity contribution is 0.0954. The van der Waals surface area contributed by atoms with Crippen molar-refractivity contribution in [3.05, 3.63) is 40.4 Å². The van der Waals surface area contributed by atoms with Gasteiger partial charge in [0.25, 0.3) is 5.91 Å². The summed E-state index contributed by atoms with van der Waals surface area (Å²) < 4.78 is 2.54. The van der Waals surface area contributed by atoms with Gasteiger partial charge in [-0.3, -0.25) is 4.79 Å². The van der Waals surface area contributed by atoms with Crippen LogP contribution in [0.1, 0.15) is 16.2 Å². The first kappa shape index (κ1) is 13.5. The predicted molar refractivity (Wildman–Crippen MR) is 75.6 cm³/mol. The van der Waals surface area contributed by atoms with Crippen molar-refractivity contribution in [3.8, 4) is 0 Å². The van der Waals surface area contributed by atoms with Crippen LogP contribution in [0.4, 0.5) is 5.69 Å². The maximum absolute atomic E-state index is 11.9. The highest BCUT2D eigenvalue weighted by Crippen LogP contribution is 2.20. The summed E-state index contributed by atoms with van der Waals surface area (Å²) in [6.07, 6.45) is 2.27.